The summed E-state index contributed by atoms with van der Waals surface area (Å²) in [5.74, 6) is 1.93. The molecule has 0 fully saturated rings. The molecule has 12 heteroatoms. The highest BCUT2D eigenvalue weighted by atomic mass is 32.2. The van der Waals surface area contributed by atoms with Crippen molar-refractivity contribution >= 4 is 34.1 Å². The first kappa shape index (κ1) is 19.2. The number of aromatic amines is 1. The second-order valence-corrected chi connectivity index (χ2v) is 8.02. The molecular weight excluding hydrogens is 412 g/mol. The number of benzene rings is 1. The minimum atomic E-state index is -0.176. The van der Waals surface area contributed by atoms with Crippen molar-refractivity contribution in [2.75, 3.05) is 5.32 Å². The van der Waals surface area contributed by atoms with Gasteiger partial charge in [-0.2, -0.15) is 4.98 Å². The molecule has 1 aromatic carbocycles. The standard InChI is InChI=1S/C17H16N8O2S2/c1-10-21-24-17(29-10)19-13(26)7-8-14-18-12(25-27-14)9-28-16-20-15(22-23-16)11-5-3-2-4-6-11/h2-6H,7-9H2,1H3,(H,19,24,26)(H,20,22,23). The van der Waals surface area contributed by atoms with Gasteiger partial charge in [-0.3, -0.25) is 9.89 Å². The highest BCUT2D eigenvalue weighted by Crippen LogP contribution is 2.21. The monoisotopic (exact) mass is 428 g/mol. The molecule has 2 N–H and O–H groups in total. The second-order valence-electron chi connectivity index (χ2n) is 5.90. The second kappa shape index (κ2) is 8.92. The SMILES string of the molecule is Cc1nnc(NC(=O)CCc2nc(CSc3n[nH]c(-c4ccccc4)n3)no2)s1. The lowest BCUT2D eigenvalue weighted by molar-refractivity contribution is -0.116. The zero-order valence-corrected chi connectivity index (χ0v) is 17.0. The van der Waals surface area contributed by atoms with Gasteiger partial charge in [0.15, 0.2) is 11.6 Å². The number of hydrogen-bond acceptors (Lipinski definition) is 10. The zero-order chi connectivity index (χ0) is 20.1. The smallest absolute Gasteiger partial charge is 0.227 e. The van der Waals surface area contributed by atoms with E-state index >= 15 is 0 Å². The minimum Gasteiger partial charge on any atom is -0.339 e. The number of H-pyrrole nitrogens is 1. The number of amides is 1. The maximum absolute atomic E-state index is 11.9. The number of rotatable bonds is 8. The summed E-state index contributed by atoms with van der Waals surface area (Å²) < 4.78 is 5.20. The molecule has 0 aliphatic heterocycles. The van der Waals surface area contributed by atoms with Gasteiger partial charge in [0.2, 0.25) is 22.1 Å². The number of nitrogens with zero attached hydrogens (tertiary/aromatic N) is 6. The number of carbonyl (C=O) groups excluding carboxylic acids is 1. The Kier molecular flexibility index (Phi) is 5.91. The first-order valence-electron chi connectivity index (χ1n) is 8.68. The van der Waals surface area contributed by atoms with Gasteiger partial charge in [0, 0.05) is 18.4 Å². The van der Waals surface area contributed by atoms with E-state index in [0.717, 1.165) is 10.6 Å². The Morgan fingerprint density at radius 1 is 1.24 bits per heavy atom. The van der Waals surface area contributed by atoms with Gasteiger partial charge >= 0.3 is 0 Å². The number of thioether (sulfide) groups is 1. The lowest BCUT2D eigenvalue weighted by atomic mass is 10.2. The van der Waals surface area contributed by atoms with Crippen molar-refractivity contribution in [1.82, 2.24) is 35.5 Å². The summed E-state index contributed by atoms with van der Waals surface area (Å²) in [5.41, 5.74) is 0.968. The molecule has 0 unspecified atom stereocenters. The fourth-order valence-corrected chi connectivity index (χ4v) is 3.61. The molecule has 3 heterocycles. The van der Waals surface area contributed by atoms with Crippen LogP contribution in [0.5, 0.6) is 0 Å². The van der Waals surface area contributed by atoms with Crippen molar-refractivity contribution in [1.29, 1.82) is 0 Å². The van der Waals surface area contributed by atoms with Crippen LogP contribution >= 0.6 is 23.1 Å². The summed E-state index contributed by atoms with van der Waals surface area (Å²) in [6.07, 6.45) is 0.564. The predicted molar refractivity (Wildman–Crippen MR) is 107 cm³/mol. The van der Waals surface area contributed by atoms with E-state index in [1.54, 1.807) is 0 Å². The van der Waals surface area contributed by atoms with Crippen molar-refractivity contribution in [3.63, 3.8) is 0 Å². The van der Waals surface area contributed by atoms with Crippen LogP contribution in [-0.2, 0) is 17.0 Å². The Morgan fingerprint density at radius 2 is 2.10 bits per heavy atom. The Hall–Kier alpha value is -3.12. The van der Waals surface area contributed by atoms with Crippen molar-refractivity contribution < 1.29 is 9.32 Å². The average molecular weight is 429 g/mol. The average Bonchev–Trinajstić information content (AvgIpc) is 3.47. The molecule has 29 heavy (non-hydrogen) atoms. The van der Waals surface area contributed by atoms with Crippen LogP contribution in [0.15, 0.2) is 40.0 Å². The third-order valence-corrected chi connectivity index (χ3v) is 5.29. The van der Waals surface area contributed by atoms with E-state index in [1.807, 2.05) is 37.3 Å². The Balaban J connectivity index is 1.25. The number of hydrogen-bond donors (Lipinski definition) is 2. The van der Waals surface area contributed by atoms with Crippen LogP contribution in [0.2, 0.25) is 0 Å². The van der Waals surface area contributed by atoms with E-state index in [0.29, 0.717) is 40.0 Å². The lowest BCUT2D eigenvalue weighted by Crippen LogP contribution is -2.12. The molecule has 4 aromatic rings. The highest BCUT2D eigenvalue weighted by molar-refractivity contribution is 7.98. The van der Waals surface area contributed by atoms with Crippen LogP contribution in [0.1, 0.15) is 23.1 Å². The zero-order valence-electron chi connectivity index (χ0n) is 15.3. The maximum atomic E-state index is 11.9. The molecule has 0 radical (unpaired) electrons. The summed E-state index contributed by atoms with van der Waals surface area (Å²) in [4.78, 5) is 20.7. The predicted octanol–water partition coefficient (Wildman–Crippen LogP) is 2.88. The molecule has 0 aliphatic rings. The molecule has 10 nitrogen and oxygen atoms in total. The molecule has 0 saturated carbocycles. The van der Waals surface area contributed by atoms with E-state index in [2.05, 4.69) is 40.8 Å². The molecule has 0 atom stereocenters. The fourth-order valence-electron chi connectivity index (χ4n) is 2.36. The van der Waals surface area contributed by atoms with Crippen molar-refractivity contribution in [3.05, 3.63) is 47.1 Å². The fraction of sp³-hybridized carbons (Fsp3) is 0.235. The third-order valence-electron chi connectivity index (χ3n) is 3.69. The molecule has 148 valence electrons. The van der Waals surface area contributed by atoms with Crippen LogP contribution in [-0.4, -0.2) is 41.4 Å². The number of aryl methyl sites for hydroxylation is 2. The molecule has 0 saturated heterocycles. The summed E-state index contributed by atoms with van der Waals surface area (Å²) >= 11 is 2.72. The summed E-state index contributed by atoms with van der Waals surface area (Å²) in [7, 11) is 0. The van der Waals surface area contributed by atoms with Crippen LogP contribution in [0, 0.1) is 6.92 Å². The molecule has 3 aromatic heterocycles. The van der Waals surface area contributed by atoms with Crippen molar-refractivity contribution in [2.24, 2.45) is 0 Å². The van der Waals surface area contributed by atoms with Gasteiger partial charge in [-0.05, 0) is 6.92 Å². The van der Waals surface area contributed by atoms with Crippen molar-refractivity contribution in [2.45, 2.75) is 30.7 Å². The number of aromatic nitrogens is 7. The lowest BCUT2D eigenvalue weighted by Gasteiger charge is -1.97. The molecule has 1 amide bonds. The van der Waals surface area contributed by atoms with E-state index in [1.165, 1.54) is 23.1 Å². The maximum Gasteiger partial charge on any atom is 0.227 e. The van der Waals surface area contributed by atoms with Gasteiger partial charge in [-0.1, -0.05) is 58.6 Å². The number of nitrogens with one attached hydrogen (secondary N) is 2. The molecular formula is C17H16N8O2S2. The number of carbonyl (C=O) groups is 1. The third kappa shape index (κ3) is 5.23. The first-order chi connectivity index (χ1) is 14.2. The van der Waals surface area contributed by atoms with Gasteiger partial charge in [0.05, 0.1) is 5.75 Å². The molecule has 0 spiro atoms. The normalized spacial score (nSPS) is 10.9. The largest absolute Gasteiger partial charge is 0.339 e. The van der Waals surface area contributed by atoms with Crippen LogP contribution < -0.4 is 5.32 Å². The molecule has 0 bridgehead atoms. The van der Waals surface area contributed by atoms with Gasteiger partial charge < -0.3 is 9.84 Å². The van der Waals surface area contributed by atoms with Gasteiger partial charge in [-0.25, -0.2) is 4.98 Å². The summed E-state index contributed by atoms with van der Waals surface area (Å²) in [6, 6.07) is 9.76. The van der Waals surface area contributed by atoms with Gasteiger partial charge in [-0.15, -0.1) is 15.3 Å². The summed E-state index contributed by atoms with van der Waals surface area (Å²) in [6.45, 7) is 1.83. The van der Waals surface area contributed by atoms with Crippen LogP contribution in [0.3, 0.4) is 0 Å². The van der Waals surface area contributed by atoms with Gasteiger partial charge in [0.1, 0.15) is 5.01 Å². The Bertz CT molecular complexity index is 1090. The quantitative estimate of drug-likeness (QED) is 0.406. The summed E-state index contributed by atoms with van der Waals surface area (Å²) in [5, 5.41) is 23.3. The van der Waals surface area contributed by atoms with E-state index in [-0.39, 0.29) is 12.3 Å². The first-order valence-corrected chi connectivity index (χ1v) is 10.5. The highest BCUT2D eigenvalue weighted by Gasteiger charge is 2.12. The van der Waals surface area contributed by atoms with Gasteiger partial charge in [0.25, 0.3) is 0 Å². The van der Waals surface area contributed by atoms with E-state index in [9.17, 15) is 4.79 Å². The minimum absolute atomic E-state index is 0.176. The van der Waals surface area contributed by atoms with Crippen LogP contribution in [0.4, 0.5) is 5.13 Å². The molecule has 4 rings (SSSR count). The Labute approximate surface area is 173 Å². The topological polar surface area (TPSA) is 135 Å². The van der Waals surface area contributed by atoms with Crippen LogP contribution in [0.25, 0.3) is 11.4 Å². The molecule has 0 aliphatic carbocycles. The van der Waals surface area contributed by atoms with E-state index < -0.39 is 0 Å². The Morgan fingerprint density at radius 3 is 2.90 bits per heavy atom. The van der Waals surface area contributed by atoms with Crippen molar-refractivity contribution in [3.8, 4) is 11.4 Å². The number of anilines is 1. The van der Waals surface area contributed by atoms with E-state index in [4.69, 9.17) is 4.52 Å².